The van der Waals surface area contributed by atoms with Gasteiger partial charge in [-0.25, -0.2) is 9.78 Å². The molecule has 1 amide bonds. The lowest BCUT2D eigenvalue weighted by Gasteiger charge is -2.40. The SMILES string of the molecule is CC(CN(C(=O)OC(C)(C)C)c1ccccn1)N1CCN(C2=COC(CC3=CC=CCC3)=CO2)CC1. The van der Waals surface area contributed by atoms with Crippen molar-refractivity contribution in [2.24, 2.45) is 0 Å². The van der Waals surface area contributed by atoms with Crippen LogP contribution in [0, 0.1) is 0 Å². The molecule has 1 aromatic rings. The zero-order valence-electron chi connectivity index (χ0n) is 21.9. The molecule has 36 heavy (non-hydrogen) atoms. The minimum absolute atomic E-state index is 0.128. The first-order valence-corrected chi connectivity index (χ1v) is 12.8. The van der Waals surface area contributed by atoms with Gasteiger partial charge < -0.3 is 19.1 Å². The summed E-state index contributed by atoms with van der Waals surface area (Å²) in [7, 11) is 0. The van der Waals surface area contributed by atoms with Crippen molar-refractivity contribution >= 4 is 11.9 Å². The summed E-state index contributed by atoms with van der Waals surface area (Å²) in [5.41, 5.74) is 0.783. The number of hydrogen-bond donors (Lipinski definition) is 0. The first kappa shape index (κ1) is 25.8. The Labute approximate surface area is 214 Å². The molecule has 0 bridgehead atoms. The number of piperazine rings is 1. The molecule has 0 N–H and O–H groups in total. The van der Waals surface area contributed by atoms with E-state index in [1.54, 1.807) is 23.6 Å². The molecule has 0 radical (unpaired) electrons. The Balaban J connectivity index is 1.29. The van der Waals surface area contributed by atoms with E-state index < -0.39 is 5.60 Å². The van der Waals surface area contributed by atoms with Crippen LogP contribution < -0.4 is 4.90 Å². The molecule has 0 aromatic carbocycles. The summed E-state index contributed by atoms with van der Waals surface area (Å²) in [5.74, 6) is 2.18. The minimum Gasteiger partial charge on any atom is -0.460 e. The van der Waals surface area contributed by atoms with E-state index in [-0.39, 0.29) is 12.1 Å². The van der Waals surface area contributed by atoms with E-state index in [1.807, 2.05) is 39.0 Å². The average molecular weight is 495 g/mol. The quantitative estimate of drug-likeness (QED) is 0.517. The lowest BCUT2D eigenvalue weighted by Crippen LogP contribution is -2.53. The smallest absolute Gasteiger partial charge is 0.416 e. The van der Waals surface area contributed by atoms with Gasteiger partial charge in [0.1, 0.15) is 23.4 Å². The zero-order chi connectivity index (χ0) is 25.5. The Bertz CT molecular complexity index is 1020. The number of amides is 1. The van der Waals surface area contributed by atoms with Crippen LogP contribution >= 0.6 is 0 Å². The van der Waals surface area contributed by atoms with Gasteiger partial charge >= 0.3 is 6.09 Å². The number of anilines is 1. The van der Waals surface area contributed by atoms with Crippen LogP contribution in [0.5, 0.6) is 0 Å². The van der Waals surface area contributed by atoms with Crippen LogP contribution in [0.25, 0.3) is 0 Å². The third kappa shape index (κ3) is 7.13. The number of carbonyl (C=O) groups excluding carboxylic acids is 1. The maximum Gasteiger partial charge on any atom is 0.416 e. The molecule has 1 aromatic heterocycles. The summed E-state index contributed by atoms with van der Waals surface area (Å²) in [6.07, 6.45) is 14.1. The molecule has 3 heterocycles. The van der Waals surface area contributed by atoms with E-state index in [1.165, 1.54) is 5.57 Å². The molecular weight excluding hydrogens is 456 g/mol. The van der Waals surface area contributed by atoms with Crippen molar-refractivity contribution in [1.29, 1.82) is 0 Å². The molecule has 4 rings (SSSR count). The monoisotopic (exact) mass is 494 g/mol. The normalized spacial score (nSPS) is 19.3. The second-order valence-electron chi connectivity index (χ2n) is 10.4. The maximum absolute atomic E-state index is 13.0. The Morgan fingerprint density at radius 2 is 1.97 bits per heavy atom. The Morgan fingerprint density at radius 3 is 2.58 bits per heavy atom. The number of rotatable bonds is 7. The molecule has 194 valence electrons. The molecule has 2 aliphatic heterocycles. The fourth-order valence-corrected chi connectivity index (χ4v) is 4.42. The molecule has 0 saturated carbocycles. The predicted octanol–water partition coefficient (Wildman–Crippen LogP) is 5.18. The summed E-state index contributed by atoms with van der Waals surface area (Å²) in [6.45, 7) is 11.6. The Kier molecular flexibility index (Phi) is 8.36. The van der Waals surface area contributed by atoms with Gasteiger partial charge in [-0.1, -0.05) is 29.9 Å². The van der Waals surface area contributed by atoms with Gasteiger partial charge in [0.25, 0.3) is 0 Å². The molecule has 8 nitrogen and oxygen atoms in total. The van der Waals surface area contributed by atoms with Crippen molar-refractivity contribution in [1.82, 2.24) is 14.8 Å². The summed E-state index contributed by atoms with van der Waals surface area (Å²) < 4.78 is 17.5. The van der Waals surface area contributed by atoms with Crippen molar-refractivity contribution < 1.29 is 19.0 Å². The van der Waals surface area contributed by atoms with E-state index >= 15 is 0 Å². The van der Waals surface area contributed by atoms with Gasteiger partial charge in [0, 0.05) is 51.4 Å². The second kappa shape index (κ2) is 11.6. The van der Waals surface area contributed by atoms with Crippen LogP contribution in [0.4, 0.5) is 10.6 Å². The van der Waals surface area contributed by atoms with Crippen molar-refractivity contribution in [3.8, 4) is 0 Å². The molecular formula is C28H38N4O4. The van der Waals surface area contributed by atoms with Crippen LogP contribution in [0.1, 0.15) is 47.0 Å². The van der Waals surface area contributed by atoms with E-state index in [0.717, 1.165) is 57.1 Å². The van der Waals surface area contributed by atoms with Crippen LogP contribution in [-0.4, -0.2) is 65.2 Å². The van der Waals surface area contributed by atoms with E-state index in [2.05, 4.69) is 39.9 Å². The fourth-order valence-electron chi connectivity index (χ4n) is 4.42. The number of carbonyl (C=O) groups is 1. The number of pyridine rings is 1. The fraction of sp³-hybridized carbons (Fsp3) is 0.500. The highest BCUT2D eigenvalue weighted by Crippen LogP contribution is 2.25. The van der Waals surface area contributed by atoms with Crippen molar-refractivity contribution in [2.75, 3.05) is 37.6 Å². The highest BCUT2D eigenvalue weighted by molar-refractivity contribution is 5.86. The van der Waals surface area contributed by atoms with Gasteiger partial charge in [-0.05, 0) is 52.7 Å². The van der Waals surface area contributed by atoms with E-state index in [0.29, 0.717) is 12.4 Å². The minimum atomic E-state index is -0.576. The van der Waals surface area contributed by atoms with Gasteiger partial charge in [-0.15, -0.1) is 0 Å². The average Bonchev–Trinajstić information content (AvgIpc) is 2.88. The largest absolute Gasteiger partial charge is 0.460 e. The predicted molar refractivity (Wildman–Crippen MR) is 140 cm³/mol. The first-order chi connectivity index (χ1) is 17.3. The first-order valence-electron chi connectivity index (χ1n) is 12.8. The molecule has 1 aliphatic carbocycles. The summed E-state index contributed by atoms with van der Waals surface area (Å²) in [6, 6.07) is 5.69. The standard InChI is InChI=1S/C28H38N4O4/c1-22(19-32(25-12-8-9-13-29-25)27(33)36-28(2,3)4)30-14-16-31(17-15-30)26-21-34-24(20-35-26)18-23-10-6-5-7-11-23/h5-6,8-10,12-13,20-22H,7,11,14-19H2,1-4H3. The molecule has 1 atom stereocenters. The molecule has 1 unspecified atom stereocenters. The lowest BCUT2D eigenvalue weighted by molar-refractivity contribution is 0.0531. The third-order valence-electron chi connectivity index (χ3n) is 6.36. The van der Waals surface area contributed by atoms with Crippen molar-refractivity contribution in [3.05, 3.63) is 72.4 Å². The second-order valence-corrected chi connectivity index (χ2v) is 10.4. The highest BCUT2D eigenvalue weighted by atomic mass is 16.6. The number of hydrogen-bond acceptors (Lipinski definition) is 7. The number of allylic oxidation sites excluding steroid dienone is 4. The summed E-state index contributed by atoms with van der Waals surface area (Å²) >= 11 is 0. The Hall–Kier alpha value is -3.26. The van der Waals surface area contributed by atoms with Crippen LogP contribution in [-0.2, 0) is 14.2 Å². The van der Waals surface area contributed by atoms with Gasteiger partial charge in [-0.3, -0.25) is 9.80 Å². The van der Waals surface area contributed by atoms with Crippen LogP contribution in [0.15, 0.2) is 72.4 Å². The summed E-state index contributed by atoms with van der Waals surface area (Å²) in [4.78, 5) is 23.6. The van der Waals surface area contributed by atoms with Crippen LogP contribution in [0.3, 0.4) is 0 Å². The number of ether oxygens (including phenoxy) is 3. The summed E-state index contributed by atoms with van der Waals surface area (Å²) in [5, 5.41) is 0. The van der Waals surface area contributed by atoms with Gasteiger partial charge in [0.05, 0.1) is 0 Å². The van der Waals surface area contributed by atoms with Crippen LogP contribution in [0.2, 0.25) is 0 Å². The van der Waals surface area contributed by atoms with Crippen molar-refractivity contribution in [2.45, 2.75) is 58.6 Å². The van der Waals surface area contributed by atoms with Gasteiger partial charge in [0.2, 0.25) is 5.88 Å². The lowest BCUT2D eigenvalue weighted by atomic mass is 10.0. The molecule has 1 saturated heterocycles. The van der Waals surface area contributed by atoms with Gasteiger partial charge in [0.15, 0.2) is 6.26 Å². The molecule has 0 spiro atoms. The topological polar surface area (TPSA) is 67.4 Å². The van der Waals surface area contributed by atoms with E-state index in [4.69, 9.17) is 14.2 Å². The van der Waals surface area contributed by atoms with Gasteiger partial charge in [-0.2, -0.15) is 0 Å². The molecule has 3 aliphatic rings. The van der Waals surface area contributed by atoms with Crippen molar-refractivity contribution in [3.63, 3.8) is 0 Å². The van der Waals surface area contributed by atoms with E-state index in [9.17, 15) is 4.79 Å². The highest BCUT2D eigenvalue weighted by Gasteiger charge is 2.30. The Morgan fingerprint density at radius 1 is 1.17 bits per heavy atom. The molecule has 8 heteroatoms. The number of aromatic nitrogens is 1. The third-order valence-corrected chi connectivity index (χ3v) is 6.36. The maximum atomic E-state index is 13.0. The zero-order valence-corrected chi connectivity index (χ0v) is 21.9. The molecule has 1 fully saturated rings. The number of nitrogens with zero attached hydrogens (tertiary/aromatic N) is 4.